The van der Waals surface area contributed by atoms with E-state index in [1.165, 1.54) is 12.8 Å². The minimum atomic E-state index is -0.964. The van der Waals surface area contributed by atoms with E-state index in [0.717, 1.165) is 18.7 Å². The number of carbonyl (C=O) groups is 1. The Labute approximate surface area is 158 Å². The first kappa shape index (κ1) is 21.4. The van der Waals surface area contributed by atoms with Crippen molar-refractivity contribution in [2.75, 3.05) is 24.7 Å². The third kappa shape index (κ3) is 6.71. The van der Waals surface area contributed by atoms with Crippen LogP contribution < -0.4 is 10.6 Å². The Bertz CT molecular complexity index is 578. The SMILES string of the molecule is CC(CC(=O)Nc1ccc(Cl)c(CS(C)=O)c1)C1CCCNC1.Cl. The van der Waals surface area contributed by atoms with E-state index in [1.54, 1.807) is 18.4 Å². The maximum Gasteiger partial charge on any atom is 0.224 e. The van der Waals surface area contributed by atoms with Crippen LogP contribution >= 0.6 is 24.0 Å². The van der Waals surface area contributed by atoms with Gasteiger partial charge < -0.3 is 10.6 Å². The van der Waals surface area contributed by atoms with Gasteiger partial charge in [-0.1, -0.05) is 18.5 Å². The van der Waals surface area contributed by atoms with E-state index in [4.69, 9.17) is 11.6 Å². The number of nitrogens with one attached hydrogen (secondary N) is 2. The molecule has 1 amide bonds. The second kappa shape index (κ2) is 10.4. The first-order valence-electron chi connectivity index (χ1n) is 8.04. The quantitative estimate of drug-likeness (QED) is 0.777. The molecule has 2 rings (SSSR count). The predicted octanol–water partition coefficient (Wildman–Crippen LogP) is 3.60. The van der Waals surface area contributed by atoms with Crippen molar-refractivity contribution in [3.63, 3.8) is 0 Å². The van der Waals surface area contributed by atoms with E-state index in [1.807, 2.05) is 6.07 Å². The summed E-state index contributed by atoms with van der Waals surface area (Å²) < 4.78 is 11.4. The lowest BCUT2D eigenvalue weighted by Crippen LogP contribution is -2.34. The highest BCUT2D eigenvalue weighted by Gasteiger charge is 2.22. The zero-order valence-electron chi connectivity index (χ0n) is 14.1. The zero-order chi connectivity index (χ0) is 16.8. The highest BCUT2D eigenvalue weighted by Crippen LogP contribution is 2.25. The van der Waals surface area contributed by atoms with Crippen LogP contribution in [0.5, 0.6) is 0 Å². The van der Waals surface area contributed by atoms with E-state index in [2.05, 4.69) is 17.6 Å². The van der Waals surface area contributed by atoms with E-state index in [9.17, 15) is 9.00 Å². The van der Waals surface area contributed by atoms with Gasteiger partial charge in [-0.05, 0) is 61.5 Å². The van der Waals surface area contributed by atoms with Gasteiger partial charge >= 0.3 is 0 Å². The van der Waals surface area contributed by atoms with Crippen molar-refractivity contribution in [2.45, 2.75) is 31.9 Å². The summed E-state index contributed by atoms with van der Waals surface area (Å²) >= 11 is 6.11. The molecule has 24 heavy (non-hydrogen) atoms. The second-order valence-electron chi connectivity index (χ2n) is 6.36. The summed E-state index contributed by atoms with van der Waals surface area (Å²) in [5, 5.41) is 6.91. The van der Waals surface area contributed by atoms with Crippen molar-refractivity contribution in [2.24, 2.45) is 11.8 Å². The fraction of sp³-hybridized carbons (Fsp3) is 0.588. The Morgan fingerprint density at radius 1 is 1.50 bits per heavy atom. The van der Waals surface area contributed by atoms with E-state index in [0.29, 0.717) is 34.7 Å². The number of hydrogen-bond donors (Lipinski definition) is 2. The van der Waals surface area contributed by atoms with Crippen LogP contribution in [0, 0.1) is 11.8 Å². The lowest BCUT2D eigenvalue weighted by Gasteiger charge is -2.28. The molecule has 3 atom stereocenters. The summed E-state index contributed by atoms with van der Waals surface area (Å²) in [6, 6.07) is 5.34. The Balaban J connectivity index is 0.00000288. The summed E-state index contributed by atoms with van der Waals surface area (Å²) in [5.41, 5.74) is 1.52. The molecule has 136 valence electrons. The molecule has 0 spiro atoms. The van der Waals surface area contributed by atoms with E-state index < -0.39 is 10.8 Å². The first-order chi connectivity index (χ1) is 11.0. The van der Waals surface area contributed by atoms with Gasteiger partial charge in [0.2, 0.25) is 5.91 Å². The van der Waals surface area contributed by atoms with Crippen LogP contribution in [0.3, 0.4) is 0 Å². The smallest absolute Gasteiger partial charge is 0.224 e. The second-order valence-corrected chi connectivity index (χ2v) is 8.20. The van der Waals surface area contributed by atoms with Crippen LogP contribution in [0.1, 0.15) is 31.7 Å². The molecular formula is C17H26Cl2N2O2S. The van der Waals surface area contributed by atoms with Crippen LogP contribution in [-0.2, 0) is 21.3 Å². The third-order valence-electron chi connectivity index (χ3n) is 4.34. The molecule has 0 saturated carbocycles. The number of benzene rings is 1. The maximum absolute atomic E-state index is 12.3. The molecule has 3 unspecified atom stereocenters. The summed E-state index contributed by atoms with van der Waals surface area (Å²) in [7, 11) is -0.964. The number of carbonyl (C=O) groups excluding carboxylic acids is 1. The van der Waals surface area contributed by atoms with Crippen molar-refractivity contribution in [3.8, 4) is 0 Å². The van der Waals surface area contributed by atoms with Crippen LogP contribution in [0.2, 0.25) is 5.02 Å². The molecule has 1 fully saturated rings. The van der Waals surface area contributed by atoms with Gasteiger partial charge in [0.1, 0.15) is 0 Å². The number of piperidine rings is 1. The topological polar surface area (TPSA) is 58.2 Å². The molecule has 2 N–H and O–H groups in total. The summed E-state index contributed by atoms with van der Waals surface area (Å²) in [6.07, 6.45) is 4.53. The number of hydrogen-bond acceptors (Lipinski definition) is 3. The van der Waals surface area contributed by atoms with Gasteiger partial charge in [-0.15, -0.1) is 12.4 Å². The third-order valence-corrected chi connectivity index (χ3v) is 5.42. The number of halogens is 2. The average Bonchev–Trinajstić information content (AvgIpc) is 2.51. The summed E-state index contributed by atoms with van der Waals surface area (Å²) in [6.45, 7) is 4.23. The van der Waals surface area contributed by atoms with E-state index in [-0.39, 0.29) is 18.3 Å². The lowest BCUT2D eigenvalue weighted by atomic mass is 9.85. The fourth-order valence-corrected chi connectivity index (χ4v) is 3.96. The largest absolute Gasteiger partial charge is 0.326 e. The molecule has 7 heteroatoms. The van der Waals surface area contributed by atoms with Crippen LogP contribution in [0.15, 0.2) is 18.2 Å². The molecule has 1 aromatic carbocycles. The Hall–Kier alpha value is -0.620. The highest BCUT2D eigenvalue weighted by atomic mass is 35.5. The van der Waals surface area contributed by atoms with Crippen LogP contribution in [0.25, 0.3) is 0 Å². The van der Waals surface area contributed by atoms with Gasteiger partial charge in [0.05, 0.1) is 0 Å². The van der Waals surface area contributed by atoms with Crippen LogP contribution in [0.4, 0.5) is 5.69 Å². The van der Waals surface area contributed by atoms with Gasteiger partial charge in [-0.25, -0.2) is 0 Å². The zero-order valence-corrected chi connectivity index (χ0v) is 16.5. The minimum absolute atomic E-state index is 0. The summed E-state index contributed by atoms with van der Waals surface area (Å²) in [4.78, 5) is 12.3. The van der Waals surface area contributed by atoms with Gasteiger partial charge in [-0.3, -0.25) is 9.00 Å². The van der Waals surface area contributed by atoms with Crippen molar-refractivity contribution < 1.29 is 9.00 Å². The van der Waals surface area contributed by atoms with Gasteiger partial charge in [-0.2, -0.15) is 0 Å². The molecule has 0 bridgehead atoms. The van der Waals surface area contributed by atoms with E-state index >= 15 is 0 Å². The number of amides is 1. The Morgan fingerprint density at radius 2 is 2.25 bits per heavy atom. The molecule has 0 radical (unpaired) electrons. The highest BCUT2D eigenvalue weighted by molar-refractivity contribution is 7.83. The fourth-order valence-electron chi connectivity index (χ4n) is 3.02. The molecule has 1 aliphatic heterocycles. The van der Waals surface area contributed by atoms with Gasteiger partial charge in [0.15, 0.2) is 0 Å². The molecule has 1 heterocycles. The maximum atomic E-state index is 12.3. The van der Waals surface area contributed by atoms with Crippen molar-refractivity contribution in [3.05, 3.63) is 28.8 Å². The average molecular weight is 393 g/mol. The molecule has 1 aromatic rings. The van der Waals surface area contributed by atoms with Crippen molar-refractivity contribution >= 4 is 46.4 Å². The minimum Gasteiger partial charge on any atom is -0.326 e. The Kier molecular flexibility index (Phi) is 9.27. The predicted molar refractivity (Wildman–Crippen MR) is 104 cm³/mol. The number of rotatable bonds is 6. The molecular weight excluding hydrogens is 367 g/mol. The Morgan fingerprint density at radius 3 is 2.88 bits per heavy atom. The normalized spacial score (nSPS) is 19.9. The van der Waals surface area contributed by atoms with Gasteiger partial charge in [0, 0.05) is 39.9 Å². The number of anilines is 1. The molecule has 4 nitrogen and oxygen atoms in total. The first-order valence-corrected chi connectivity index (χ1v) is 10.1. The van der Waals surface area contributed by atoms with Crippen LogP contribution in [-0.4, -0.2) is 29.5 Å². The molecule has 1 aliphatic rings. The molecule has 0 aliphatic carbocycles. The lowest BCUT2D eigenvalue weighted by molar-refractivity contribution is -0.117. The monoisotopic (exact) mass is 392 g/mol. The molecule has 1 saturated heterocycles. The standard InChI is InChI=1S/C17H25ClN2O2S.ClH/c1-12(13-4-3-7-19-10-13)8-17(21)20-15-5-6-16(18)14(9-15)11-23(2)22;/h5-6,9,12-13,19H,3-4,7-8,10-11H2,1-2H3,(H,20,21);1H. The molecule has 0 aromatic heterocycles. The summed E-state index contributed by atoms with van der Waals surface area (Å²) in [5.74, 6) is 1.34. The van der Waals surface area contributed by atoms with Gasteiger partial charge in [0.25, 0.3) is 0 Å². The van der Waals surface area contributed by atoms with Crippen molar-refractivity contribution in [1.29, 1.82) is 0 Å². The van der Waals surface area contributed by atoms with Crippen molar-refractivity contribution in [1.82, 2.24) is 5.32 Å².